The Bertz CT molecular complexity index is 1200. The molecule has 3 rings (SSSR count). The van der Waals surface area contributed by atoms with Crippen LogP contribution in [0.4, 0.5) is 0 Å². The molecular formula is C28H36NO8P. The van der Waals surface area contributed by atoms with Crippen molar-refractivity contribution in [3.63, 3.8) is 0 Å². The number of fused-ring (bicyclic) bond motifs is 1. The maximum absolute atomic E-state index is 12.1. The number of esters is 2. The van der Waals surface area contributed by atoms with E-state index >= 15 is 0 Å². The minimum absolute atomic E-state index is 0.00382. The number of allylic oxidation sites excluding steroid dienone is 3. The van der Waals surface area contributed by atoms with Gasteiger partial charge in [-0.2, -0.15) is 0 Å². The molecule has 0 spiro atoms. The van der Waals surface area contributed by atoms with Gasteiger partial charge in [0.15, 0.2) is 14.4 Å². The van der Waals surface area contributed by atoms with Gasteiger partial charge >= 0.3 is 11.9 Å². The molecule has 9 nitrogen and oxygen atoms in total. The van der Waals surface area contributed by atoms with E-state index in [2.05, 4.69) is 0 Å². The van der Waals surface area contributed by atoms with Gasteiger partial charge < -0.3 is 28.7 Å². The first-order chi connectivity index (χ1) is 18.2. The number of benzene rings is 1. The molecule has 0 fully saturated rings. The molecule has 0 bridgehead atoms. The molecule has 2 aliphatic rings. The lowest BCUT2D eigenvalue weighted by atomic mass is 9.78. The van der Waals surface area contributed by atoms with Crippen LogP contribution in [0.5, 0.6) is 5.75 Å². The van der Waals surface area contributed by atoms with Crippen LogP contribution in [-0.4, -0.2) is 41.1 Å². The summed E-state index contributed by atoms with van der Waals surface area (Å²) in [4.78, 5) is 31.1. The third kappa shape index (κ3) is 6.65. The fourth-order valence-corrected chi connectivity index (χ4v) is 4.91. The molecule has 0 saturated carbocycles. The second-order valence-electron chi connectivity index (χ2n) is 9.12. The Hall–Kier alpha value is -3.13. The van der Waals surface area contributed by atoms with Gasteiger partial charge in [0.05, 0.1) is 26.1 Å². The number of aliphatic hydroxyl groups excluding tert-OH is 1. The highest BCUT2D eigenvalue weighted by Gasteiger charge is 2.37. The quantitative estimate of drug-likeness (QED) is 0.151. The molecule has 0 amide bonds. The van der Waals surface area contributed by atoms with Gasteiger partial charge in [0, 0.05) is 17.1 Å². The summed E-state index contributed by atoms with van der Waals surface area (Å²) in [7, 11) is -1.54. The monoisotopic (exact) mass is 545 g/mol. The predicted octanol–water partition coefficient (Wildman–Crippen LogP) is 5.37. The summed E-state index contributed by atoms with van der Waals surface area (Å²) in [5.41, 5.74) is 4.50. The van der Waals surface area contributed by atoms with Crippen molar-refractivity contribution in [3.8, 4) is 5.75 Å². The fourth-order valence-electron chi connectivity index (χ4n) is 4.45. The van der Waals surface area contributed by atoms with Crippen molar-refractivity contribution in [2.45, 2.75) is 60.1 Å². The number of hydrogen-bond acceptors (Lipinski definition) is 8. The van der Waals surface area contributed by atoms with E-state index in [4.69, 9.17) is 19.0 Å². The standard InChI is InChI=1S/C28H36NO8P/c1-6-21-18(4)23-16-36-28(32)25(23)26(30)22(21)13-12-17(3)14-34-15-20-10-8-9-11-24(20)37-29(38-33)19(5)27(31)35-7-2/h8-12,16,18-19,30H,6-7,13-15,38H2,1-5H3. The normalized spacial score (nSPS) is 18.7. The summed E-state index contributed by atoms with van der Waals surface area (Å²) in [6, 6.07) is 6.35. The Balaban J connectivity index is 1.64. The molecule has 0 radical (unpaired) electrons. The van der Waals surface area contributed by atoms with Crippen LogP contribution >= 0.6 is 8.61 Å². The van der Waals surface area contributed by atoms with Crippen molar-refractivity contribution in [1.29, 1.82) is 0 Å². The molecular weight excluding hydrogens is 509 g/mol. The number of rotatable bonds is 13. The average Bonchev–Trinajstić information content (AvgIpc) is 3.30. The molecule has 1 heterocycles. The van der Waals surface area contributed by atoms with Crippen molar-refractivity contribution in [2.75, 3.05) is 13.2 Å². The second-order valence-corrected chi connectivity index (χ2v) is 9.84. The SMILES string of the molecule is CCOC(=O)C(C)N(Oc1ccccc1COCC(C)=CCC1=C(CC)C(C)C2=COC(=O)C2=C1O)[PH2]=O. The van der Waals surface area contributed by atoms with Gasteiger partial charge in [0.2, 0.25) is 0 Å². The summed E-state index contributed by atoms with van der Waals surface area (Å²) in [5.74, 6) is -0.609. The Labute approximate surface area is 224 Å². The Morgan fingerprint density at radius 2 is 2.03 bits per heavy atom. The van der Waals surface area contributed by atoms with Gasteiger partial charge in [-0.3, -0.25) is 4.79 Å². The molecule has 1 aliphatic heterocycles. The highest BCUT2D eigenvalue weighted by atomic mass is 31.1. The molecule has 1 N–H and O–H groups in total. The topological polar surface area (TPSA) is 112 Å². The third-order valence-corrected chi connectivity index (χ3v) is 7.36. The molecule has 10 heteroatoms. The zero-order chi connectivity index (χ0) is 27.8. The van der Waals surface area contributed by atoms with Crippen molar-refractivity contribution in [2.24, 2.45) is 5.92 Å². The van der Waals surface area contributed by atoms with E-state index in [-0.39, 0.29) is 30.5 Å². The first-order valence-electron chi connectivity index (χ1n) is 12.7. The number of hydrogen-bond donors (Lipinski definition) is 1. The summed E-state index contributed by atoms with van der Waals surface area (Å²) in [6.07, 6.45) is 4.63. The van der Waals surface area contributed by atoms with Gasteiger partial charge in [-0.25, -0.2) is 4.79 Å². The molecule has 206 valence electrons. The van der Waals surface area contributed by atoms with Crippen LogP contribution in [0.1, 0.15) is 53.0 Å². The summed E-state index contributed by atoms with van der Waals surface area (Å²) >= 11 is 0. The number of aliphatic hydroxyl groups is 1. The molecule has 1 aromatic carbocycles. The highest BCUT2D eigenvalue weighted by Crippen LogP contribution is 2.43. The van der Waals surface area contributed by atoms with Crippen molar-refractivity contribution >= 4 is 20.5 Å². The Morgan fingerprint density at radius 3 is 2.71 bits per heavy atom. The van der Waals surface area contributed by atoms with Crippen molar-refractivity contribution in [3.05, 3.63) is 75.8 Å². The number of hydroxylamine groups is 1. The molecule has 3 atom stereocenters. The lowest BCUT2D eigenvalue weighted by Crippen LogP contribution is -2.36. The van der Waals surface area contributed by atoms with E-state index in [1.807, 2.05) is 39.0 Å². The molecule has 0 aromatic heterocycles. The first-order valence-corrected chi connectivity index (χ1v) is 13.7. The van der Waals surface area contributed by atoms with E-state index < -0.39 is 26.6 Å². The van der Waals surface area contributed by atoms with Gasteiger partial charge in [-0.1, -0.05) is 54.1 Å². The largest absolute Gasteiger partial charge is 0.507 e. The van der Waals surface area contributed by atoms with E-state index in [9.17, 15) is 19.3 Å². The molecule has 0 saturated heterocycles. The summed E-state index contributed by atoms with van der Waals surface area (Å²) in [6.45, 7) is 10.0. The minimum Gasteiger partial charge on any atom is -0.507 e. The molecule has 1 aromatic rings. The lowest BCUT2D eigenvalue weighted by Gasteiger charge is -2.26. The average molecular weight is 546 g/mol. The third-order valence-electron chi connectivity index (χ3n) is 6.60. The number of nitrogens with zero attached hydrogens (tertiary/aromatic N) is 1. The van der Waals surface area contributed by atoms with E-state index in [0.717, 1.165) is 39.1 Å². The van der Waals surface area contributed by atoms with Crippen LogP contribution in [-0.2, 0) is 35.0 Å². The van der Waals surface area contributed by atoms with E-state index in [1.54, 1.807) is 26.0 Å². The minimum atomic E-state index is -1.54. The van der Waals surface area contributed by atoms with Gasteiger partial charge in [-0.15, -0.1) is 0 Å². The van der Waals surface area contributed by atoms with Crippen LogP contribution in [0.2, 0.25) is 0 Å². The Morgan fingerprint density at radius 1 is 1.29 bits per heavy atom. The zero-order valence-corrected chi connectivity index (χ0v) is 23.6. The maximum Gasteiger partial charge on any atom is 0.347 e. The van der Waals surface area contributed by atoms with Gasteiger partial charge in [0.1, 0.15) is 17.4 Å². The summed E-state index contributed by atoms with van der Waals surface area (Å²) in [5, 5.41) is 10.8. The molecule has 38 heavy (non-hydrogen) atoms. The van der Waals surface area contributed by atoms with Crippen LogP contribution in [0, 0.1) is 5.92 Å². The van der Waals surface area contributed by atoms with E-state index in [0.29, 0.717) is 18.8 Å². The zero-order valence-electron chi connectivity index (χ0n) is 22.5. The lowest BCUT2D eigenvalue weighted by molar-refractivity contribution is -0.153. The van der Waals surface area contributed by atoms with Crippen LogP contribution in [0.15, 0.2) is 70.2 Å². The van der Waals surface area contributed by atoms with Gasteiger partial charge in [0.25, 0.3) is 0 Å². The van der Waals surface area contributed by atoms with Crippen molar-refractivity contribution < 1.29 is 38.3 Å². The number of carbonyl (C=O) groups is 2. The second kappa shape index (κ2) is 13.6. The van der Waals surface area contributed by atoms with Gasteiger partial charge in [-0.05, 0) is 45.3 Å². The van der Waals surface area contributed by atoms with E-state index in [1.165, 1.54) is 6.26 Å². The van der Waals surface area contributed by atoms with Crippen molar-refractivity contribution in [1.82, 2.24) is 4.83 Å². The highest BCUT2D eigenvalue weighted by molar-refractivity contribution is 7.20. The number of cyclic esters (lactones) is 1. The molecule has 1 aliphatic carbocycles. The van der Waals surface area contributed by atoms with Crippen LogP contribution in [0.25, 0.3) is 0 Å². The fraction of sp³-hybridized carbons (Fsp3) is 0.429. The first kappa shape index (κ1) is 29.4. The Kier molecular flexibility index (Phi) is 10.5. The predicted molar refractivity (Wildman–Crippen MR) is 144 cm³/mol. The smallest absolute Gasteiger partial charge is 0.347 e. The number of ether oxygens (including phenoxy) is 3. The summed E-state index contributed by atoms with van der Waals surface area (Å²) < 4.78 is 27.7. The number of para-hydroxylation sites is 1. The van der Waals surface area contributed by atoms with Crippen LogP contribution < -0.4 is 4.84 Å². The van der Waals surface area contributed by atoms with Crippen LogP contribution in [0.3, 0.4) is 0 Å². The molecule has 3 unspecified atom stereocenters. The maximum atomic E-state index is 12.1. The number of carbonyl (C=O) groups excluding carboxylic acids is 2.